The van der Waals surface area contributed by atoms with Crippen LogP contribution >= 0.6 is 22.9 Å². The molecular formula is C25H20ClF2N7O3S. The highest BCUT2D eigenvalue weighted by molar-refractivity contribution is 7.16. The number of carbonyl (C=O) groups is 2. The van der Waals surface area contributed by atoms with Crippen LogP contribution in [0.2, 0.25) is 5.15 Å². The molecule has 0 spiro atoms. The summed E-state index contributed by atoms with van der Waals surface area (Å²) in [5.74, 6) is -0.516. The molecule has 1 aliphatic heterocycles. The number of rotatable bonds is 6. The van der Waals surface area contributed by atoms with Crippen LogP contribution in [-0.2, 0) is 13.1 Å². The molecule has 0 saturated carbocycles. The molecule has 1 N–H and O–H groups in total. The molecule has 14 heteroatoms. The Hall–Kier alpha value is -4.10. The molecule has 0 radical (unpaired) electrons. The monoisotopic (exact) mass is 571 g/mol. The van der Waals surface area contributed by atoms with E-state index in [0.29, 0.717) is 33.4 Å². The first-order valence-electron chi connectivity index (χ1n) is 11.5. The lowest BCUT2D eigenvalue weighted by Gasteiger charge is -2.16. The highest BCUT2D eigenvalue weighted by atomic mass is 35.5. The zero-order valence-electron chi connectivity index (χ0n) is 20.8. The van der Waals surface area contributed by atoms with Crippen LogP contribution in [0, 0.1) is 13.8 Å². The number of halogens is 3. The van der Waals surface area contributed by atoms with Crippen molar-refractivity contribution in [3.8, 4) is 16.9 Å². The molecule has 0 fully saturated rings. The van der Waals surface area contributed by atoms with E-state index in [1.807, 2.05) is 0 Å². The van der Waals surface area contributed by atoms with Gasteiger partial charge in [-0.1, -0.05) is 22.9 Å². The molecule has 39 heavy (non-hydrogen) atoms. The van der Waals surface area contributed by atoms with Crippen LogP contribution in [0.15, 0.2) is 30.7 Å². The molecule has 0 unspecified atom stereocenters. The van der Waals surface area contributed by atoms with Crippen molar-refractivity contribution < 1.29 is 23.1 Å². The topological polar surface area (TPSA) is 123 Å². The molecule has 0 aromatic carbocycles. The lowest BCUT2D eigenvalue weighted by atomic mass is 10.0. The first-order valence-corrected chi connectivity index (χ1v) is 12.7. The summed E-state index contributed by atoms with van der Waals surface area (Å²) in [4.78, 5) is 49.0. The van der Waals surface area contributed by atoms with Gasteiger partial charge in [0.25, 0.3) is 18.2 Å². The fourth-order valence-corrected chi connectivity index (χ4v) is 5.22. The van der Waals surface area contributed by atoms with Crippen LogP contribution in [0.4, 0.5) is 13.9 Å². The second-order valence-corrected chi connectivity index (χ2v) is 10.1. The van der Waals surface area contributed by atoms with Gasteiger partial charge in [0.05, 0.1) is 54.4 Å². The van der Waals surface area contributed by atoms with Crippen LogP contribution < -0.4 is 10.1 Å². The summed E-state index contributed by atoms with van der Waals surface area (Å²) in [6, 6.07) is 3.36. The van der Waals surface area contributed by atoms with Crippen LogP contribution in [0.3, 0.4) is 0 Å². The highest BCUT2D eigenvalue weighted by Gasteiger charge is 2.31. The van der Waals surface area contributed by atoms with E-state index in [0.717, 1.165) is 11.1 Å². The number of carbonyl (C=O) groups excluding carboxylic acids is 2. The van der Waals surface area contributed by atoms with E-state index in [9.17, 15) is 18.4 Å². The van der Waals surface area contributed by atoms with Crippen molar-refractivity contribution in [2.75, 3.05) is 12.4 Å². The Morgan fingerprint density at radius 3 is 2.59 bits per heavy atom. The third-order valence-corrected chi connectivity index (χ3v) is 7.20. The van der Waals surface area contributed by atoms with Crippen molar-refractivity contribution in [3.05, 3.63) is 74.8 Å². The maximum atomic E-state index is 13.3. The lowest BCUT2D eigenvalue weighted by Crippen LogP contribution is -2.28. The predicted octanol–water partition coefficient (Wildman–Crippen LogP) is 5.01. The minimum atomic E-state index is -2.83. The van der Waals surface area contributed by atoms with Crippen molar-refractivity contribution in [2.45, 2.75) is 33.4 Å². The van der Waals surface area contributed by atoms with Crippen molar-refractivity contribution in [2.24, 2.45) is 0 Å². The molecule has 0 atom stereocenters. The van der Waals surface area contributed by atoms with Gasteiger partial charge in [0.2, 0.25) is 0 Å². The molecule has 1 aliphatic rings. The molecule has 5 rings (SSSR count). The van der Waals surface area contributed by atoms with Gasteiger partial charge in [0.1, 0.15) is 22.3 Å². The average molecular weight is 572 g/mol. The predicted molar refractivity (Wildman–Crippen MR) is 139 cm³/mol. The number of amides is 2. The Bertz CT molecular complexity index is 1590. The van der Waals surface area contributed by atoms with Crippen LogP contribution in [0.25, 0.3) is 11.1 Å². The van der Waals surface area contributed by atoms with Gasteiger partial charge in [-0.2, -0.15) is 0 Å². The molecule has 5 heterocycles. The molecule has 0 bridgehead atoms. The first-order chi connectivity index (χ1) is 18.6. The van der Waals surface area contributed by atoms with E-state index in [1.165, 1.54) is 42.7 Å². The molecule has 0 aliphatic carbocycles. The van der Waals surface area contributed by atoms with E-state index in [1.54, 1.807) is 19.1 Å². The number of pyridine rings is 2. The zero-order valence-corrected chi connectivity index (χ0v) is 22.4. The number of alkyl halides is 2. The second-order valence-electron chi connectivity index (χ2n) is 8.61. The quantitative estimate of drug-likeness (QED) is 0.320. The maximum Gasteiger partial charge on any atom is 0.281 e. The van der Waals surface area contributed by atoms with Crippen LogP contribution in [0.1, 0.15) is 54.9 Å². The number of ether oxygens (including phenoxy) is 1. The highest BCUT2D eigenvalue weighted by Crippen LogP contribution is 2.35. The maximum absolute atomic E-state index is 13.3. The van der Waals surface area contributed by atoms with E-state index in [2.05, 4.69) is 30.2 Å². The summed E-state index contributed by atoms with van der Waals surface area (Å²) in [7, 11) is 1.50. The Kier molecular flexibility index (Phi) is 7.19. The van der Waals surface area contributed by atoms with Gasteiger partial charge >= 0.3 is 0 Å². The number of aryl methyl sites for hydroxylation is 2. The molecular weight excluding hydrogens is 552 g/mol. The van der Waals surface area contributed by atoms with Crippen molar-refractivity contribution in [1.29, 1.82) is 0 Å². The van der Waals surface area contributed by atoms with Crippen molar-refractivity contribution in [3.63, 3.8) is 0 Å². The molecule has 10 nitrogen and oxygen atoms in total. The zero-order chi connectivity index (χ0) is 27.8. The number of anilines is 1. The molecule has 200 valence electrons. The minimum absolute atomic E-state index is 0.123. The Balaban J connectivity index is 1.35. The van der Waals surface area contributed by atoms with Crippen LogP contribution in [-0.4, -0.2) is 48.7 Å². The van der Waals surface area contributed by atoms with E-state index < -0.39 is 23.9 Å². The Morgan fingerprint density at radius 2 is 1.87 bits per heavy atom. The number of hydrogen-bond donors (Lipinski definition) is 1. The molecule has 4 aromatic heterocycles. The normalized spacial score (nSPS) is 12.5. The van der Waals surface area contributed by atoms with Gasteiger partial charge in [-0.15, -0.1) is 0 Å². The SMILES string of the molecule is COc1cnc(Cl)cc1-c1cc(C)ncc1C(=O)Nc1nc2c(s1)CN(C(=O)c1nc(C(F)F)cnc1C)C2. The minimum Gasteiger partial charge on any atom is -0.494 e. The summed E-state index contributed by atoms with van der Waals surface area (Å²) in [6.45, 7) is 3.68. The van der Waals surface area contributed by atoms with Gasteiger partial charge in [-0.25, -0.2) is 23.7 Å². The van der Waals surface area contributed by atoms with E-state index in [-0.39, 0.29) is 35.2 Å². The Labute approximate surface area is 230 Å². The number of nitrogens with zero attached hydrogens (tertiary/aromatic N) is 6. The number of aromatic nitrogens is 5. The summed E-state index contributed by atoms with van der Waals surface area (Å²) < 4.78 is 31.5. The molecule has 0 saturated heterocycles. The summed E-state index contributed by atoms with van der Waals surface area (Å²) in [5, 5.41) is 3.39. The van der Waals surface area contributed by atoms with Crippen molar-refractivity contribution >= 4 is 39.9 Å². The van der Waals surface area contributed by atoms with Crippen LogP contribution in [0.5, 0.6) is 5.75 Å². The largest absolute Gasteiger partial charge is 0.494 e. The third kappa shape index (κ3) is 5.27. The molecule has 2 amide bonds. The van der Waals surface area contributed by atoms with Gasteiger partial charge in [0, 0.05) is 23.0 Å². The lowest BCUT2D eigenvalue weighted by molar-refractivity contribution is 0.0741. The van der Waals surface area contributed by atoms with E-state index in [4.69, 9.17) is 16.3 Å². The van der Waals surface area contributed by atoms with E-state index >= 15 is 0 Å². The van der Waals surface area contributed by atoms with Gasteiger partial charge in [-0.05, 0) is 26.0 Å². The molecule has 4 aromatic rings. The number of thiazole rings is 1. The fourth-order valence-electron chi connectivity index (χ4n) is 4.08. The standard InChI is InChI=1S/C25H20ClF2N7O3S/c1-11-4-13(14-5-20(26)31-8-18(14)38-3)15(6-29-11)23(36)34-25-33-17-9-35(10-19(17)39-25)24(37)21-12(2)30-7-16(32-21)22(27)28/h4-8,22H,9-10H2,1-3H3,(H,33,34,36). The number of fused-ring (bicyclic) bond motifs is 1. The second kappa shape index (κ2) is 10.6. The number of hydrogen-bond acceptors (Lipinski definition) is 9. The summed E-state index contributed by atoms with van der Waals surface area (Å²) >= 11 is 7.33. The average Bonchev–Trinajstić information content (AvgIpc) is 3.47. The summed E-state index contributed by atoms with van der Waals surface area (Å²) in [5.41, 5.74) is 2.29. The first kappa shape index (κ1) is 26.5. The van der Waals surface area contributed by atoms with Gasteiger partial charge < -0.3 is 9.64 Å². The van der Waals surface area contributed by atoms with Crippen molar-refractivity contribution in [1.82, 2.24) is 29.8 Å². The number of methoxy groups -OCH3 is 1. The fraction of sp³-hybridized carbons (Fsp3) is 0.240. The van der Waals surface area contributed by atoms with Gasteiger partial charge in [0.15, 0.2) is 5.13 Å². The summed E-state index contributed by atoms with van der Waals surface area (Å²) in [6.07, 6.45) is 1.07. The smallest absolute Gasteiger partial charge is 0.281 e. The Morgan fingerprint density at radius 1 is 1.08 bits per heavy atom. The number of nitrogens with one attached hydrogen (secondary N) is 1. The van der Waals surface area contributed by atoms with Gasteiger partial charge in [-0.3, -0.25) is 24.9 Å². The third-order valence-electron chi connectivity index (χ3n) is 5.99.